The number of fused-ring (bicyclic) bond motifs is 1. The maximum Gasteiger partial charge on any atom is 0.0249 e. The van der Waals surface area contributed by atoms with E-state index in [0.717, 1.165) is 30.0 Å². The minimum Gasteiger partial charge on any atom is -0.298 e. The molecule has 3 aliphatic rings. The van der Waals surface area contributed by atoms with Crippen LogP contribution in [0.3, 0.4) is 0 Å². The summed E-state index contributed by atoms with van der Waals surface area (Å²) in [6, 6.07) is 2.56. The molecule has 0 aromatic rings. The van der Waals surface area contributed by atoms with E-state index in [-0.39, 0.29) is 0 Å². The van der Waals surface area contributed by atoms with Gasteiger partial charge in [-0.1, -0.05) is 33.6 Å². The Morgan fingerprint density at radius 2 is 1.74 bits per heavy atom. The van der Waals surface area contributed by atoms with Crippen molar-refractivity contribution in [1.82, 2.24) is 9.80 Å². The van der Waals surface area contributed by atoms with E-state index >= 15 is 0 Å². The zero-order chi connectivity index (χ0) is 13.4. The molecule has 4 atom stereocenters. The summed E-state index contributed by atoms with van der Waals surface area (Å²) in [5.74, 6) is 1.72. The minimum absolute atomic E-state index is 0.802. The summed E-state index contributed by atoms with van der Waals surface area (Å²) in [7, 11) is 0. The Hall–Kier alpha value is -0.0800. The number of piperazine rings is 1. The first-order valence-corrected chi connectivity index (χ1v) is 8.66. The summed E-state index contributed by atoms with van der Waals surface area (Å²) in [6.45, 7) is 11.4. The lowest BCUT2D eigenvalue weighted by atomic mass is 9.82. The smallest absolute Gasteiger partial charge is 0.0249 e. The molecular formula is C17H32N2. The highest BCUT2D eigenvalue weighted by atomic mass is 15.3. The number of rotatable bonds is 2. The van der Waals surface area contributed by atoms with Crippen molar-refractivity contribution in [1.29, 1.82) is 0 Å². The van der Waals surface area contributed by atoms with Crippen LogP contribution < -0.4 is 0 Å². The molecule has 2 aliphatic heterocycles. The third kappa shape index (κ3) is 2.71. The van der Waals surface area contributed by atoms with Crippen LogP contribution in [0.4, 0.5) is 0 Å². The van der Waals surface area contributed by atoms with Gasteiger partial charge in [-0.05, 0) is 44.1 Å². The summed E-state index contributed by atoms with van der Waals surface area (Å²) in [5.41, 5.74) is 0. The third-order valence-corrected chi connectivity index (χ3v) is 6.03. The normalized spacial score (nSPS) is 41.7. The summed E-state index contributed by atoms with van der Waals surface area (Å²) in [6.07, 6.45) is 8.72. The molecule has 110 valence electrons. The standard InChI is InChI=1S/C17H32N2/c1-13(2)17-12-18-10-6-8-15(18)11-19(17)16-9-5-4-7-14(16)3/h13-17H,4-12H2,1-3H3. The first-order valence-electron chi connectivity index (χ1n) is 8.66. The number of hydrogen-bond donors (Lipinski definition) is 0. The van der Waals surface area contributed by atoms with E-state index in [4.69, 9.17) is 0 Å². The van der Waals surface area contributed by atoms with Crippen molar-refractivity contribution in [2.75, 3.05) is 19.6 Å². The second-order valence-corrected chi connectivity index (χ2v) is 7.63. The lowest BCUT2D eigenvalue weighted by Gasteiger charge is -2.51. The largest absolute Gasteiger partial charge is 0.298 e. The molecule has 2 saturated heterocycles. The van der Waals surface area contributed by atoms with E-state index in [9.17, 15) is 0 Å². The van der Waals surface area contributed by atoms with Gasteiger partial charge in [-0.15, -0.1) is 0 Å². The molecule has 2 nitrogen and oxygen atoms in total. The van der Waals surface area contributed by atoms with E-state index in [1.54, 1.807) is 0 Å². The molecule has 4 unspecified atom stereocenters. The molecule has 2 heterocycles. The Balaban J connectivity index is 1.75. The highest BCUT2D eigenvalue weighted by Gasteiger charge is 2.41. The summed E-state index contributed by atoms with van der Waals surface area (Å²) in [4.78, 5) is 5.73. The van der Waals surface area contributed by atoms with Gasteiger partial charge in [0.2, 0.25) is 0 Å². The molecule has 0 N–H and O–H groups in total. The molecule has 0 bridgehead atoms. The van der Waals surface area contributed by atoms with E-state index < -0.39 is 0 Å². The molecule has 0 aromatic heterocycles. The van der Waals surface area contributed by atoms with Crippen molar-refractivity contribution in [3.05, 3.63) is 0 Å². The Morgan fingerprint density at radius 1 is 0.947 bits per heavy atom. The number of hydrogen-bond acceptors (Lipinski definition) is 2. The van der Waals surface area contributed by atoms with Crippen molar-refractivity contribution in [3.8, 4) is 0 Å². The minimum atomic E-state index is 0.802. The summed E-state index contributed by atoms with van der Waals surface area (Å²) < 4.78 is 0. The average Bonchev–Trinajstić information content (AvgIpc) is 2.85. The van der Waals surface area contributed by atoms with E-state index in [0.29, 0.717) is 0 Å². The van der Waals surface area contributed by atoms with E-state index in [2.05, 4.69) is 30.6 Å². The van der Waals surface area contributed by atoms with Crippen molar-refractivity contribution < 1.29 is 0 Å². The first kappa shape index (κ1) is 13.9. The predicted molar refractivity (Wildman–Crippen MR) is 81.3 cm³/mol. The molecule has 0 spiro atoms. The maximum absolute atomic E-state index is 2.95. The molecule has 3 fully saturated rings. The van der Waals surface area contributed by atoms with Gasteiger partial charge in [-0.25, -0.2) is 0 Å². The van der Waals surface area contributed by atoms with Gasteiger partial charge in [0.1, 0.15) is 0 Å². The lowest BCUT2D eigenvalue weighted by molar-refractivity contribution is -0.0254. The van der Waals surface area contributed by atoms with Gasteiger partial charge in [0.25, 0.3) is 0 Å². The second-order valence-electron chi connectivity index (χ2n) is 7.63. The van der Waals surface area contributed by atoms with Crippen LogP contribution >= 0.6 is 0 Å². The van der Waals surface area contributed by atoms with E-state index in [1.165, 1.54) is 58.2 Å². The molecule has 0 radical (unpaired) electrons. The Morgan fingerprint density at radius 3 is 2.47 bits per heavy atom. The van der Waals surface area contributed by atoms with E-state index in [1.807, 2.05) is 0 Å². The van der Waals surface area contributed by atoms with Gasteiger partial charge >= 0.3 is 0 Å². The molecule has 19 heavy (non-hydrogen) atoms. The SMILES string of the molecule is CC(C)C1CN2CCCC2CN1C1CCCCC1C. The van der Waals surface area contributed by atoms with Gasteiger partial charge in [-0.2, -0.15) is 0 Å². The Labute approximate surface area is 119 Å². The third-order valence-electron chi connectivity index (χ3n) is 6.03. The maximum atomic E-state index is 2.95. The second kappa shape index (κ2) is 5.73. The highest BCUT2D eigenvalue weighted by molar-refractivity contribution is 4.97. The zero-order valence-corrected chi connectivity index (χ0v) is 13.1. The topological polar surface area (TPSA) is 6.48 Å². The van der Waals surface area contributed by atoms with Crippen LogP contribution in [-0.4, -0.2) is 47.6 Å². The number of nitrogens with zero attached hydrogens (tertiary/aromatic N) is 2. The van der Waals surface area contributed by atoms with Crippen LogP contribution in [0.1, 0.15) is 59.3 Å². The van der Waals surface area contributed by atoms with Crippen molar-refractivity contribution in [2.45, 2.75) is 77.4 Å². The fraction of sp³-hybridized carbons (Fsp3) is 1.00. The zero-order valence-electron chi connectivity index (χ0n) is 13.1. The van der Waals surface area contributed by atoms with Crippen molar-refractivity contribution >= 4 is 0 Å². The van der Waals surface area contributed by atoms with Crippen LogP contribution in [0.2, 0.25) is 0 Å². The molecule has 0 aromatic carbocycles. The van der Waals surface area contributed by atoms with Crippen molar-refractivity contribution in [3.63, 3.8) is 0 Å². The van der Waals surface area contributed by atoms with Crippen molar-refractivity contribution in [2.24, 2.45) is 11.8 Å². The van der Waals surface area contributed by atoms with Gasteiger partial charge < -0.3 is 0 Å². The Bertz CT molecular complexity index is 302. The lowest BCUT2D eigenvalue weighted by Crippen LogP contribution is -2.62. The molecular weight excluding hydrogens is 232 g/mol. The average molecular weight is 264 g/mol. The monoisotopic (exact) mass is 264 g/mol. The Kier molecular flexibility index (Phi) is 4.19. The predicted octanol–water partition coefficient (Wildman–Crippen LogP) is 3.37. The molecule has 2 heteroatoms. The quantitative estimate of drug-likeness (QED) is 0.754. The fourth-order valence-corrected chi connectivity index (χ4v) is 4.83. The van der Waals surface area contributed by atoms with Crippen LogP contribution in [0.5, 0.6) is 0 Å². The molecule has 0 amide bonds. The highest BCUT2D eigenvalue weighted by Crippen LogP contribution is 2.35. The fourth-order valence-electron chi connectivity index (χ4n) is 4.83. The van der Waals surface area contributed by atoms with Crippen LogP contribution in [0, 0.1) is 11.8 Å². The van der Waals surface area contributed by atoms with Crippen LogP contribution in [0.25, 0.3) is 0 Å². The molecule has 1 aliphatic carbocycles. The van der Waals surface area contributed by atoms with Gasteiger partial charge in [-0.3, -0.25) is 9.80 Å². The van der Waals surface area contributed by atoms with Gasteiger partial charge in [0, 0.05) is 31.2 Å². The van der Waals surface area contributed by atoms with Crippen LogP contribution in [0.15, 0.2) is 0 Å². The van der Waals surface area contributed by atoms with Crippen LogP contribution in [-0.2, 0) is 0 Å². The van der Waals surface area contributed by atoms with Gasteiger partial charge in [0.05, 0.1) is 0 Å². The van der Waals surface area contributed by atoms with Gasteiger partial charge in [0.15, 0.2) is 0 Å². The molecule has 3 rings (SSSR count). The summed E-state index contributed by atoms with van der Waals surface area (Å²) >= 11 is 0. The molecule has 1 saturated carbocycles. The summed E-state index contributed by atoms with van der Waals surface area (Å²) in [5, 5.41) is 0. The first-order chi connectivity index (χ1) is 9.16.